The molecule has 0 aliphatic carbocycles. The number of nitrogens with zero attached hydrogens (tertiary/aromatic N) is 2. The zero-order valence-electron chi connectivity index (χ0n) is 17.4. The molecule has 1 aromatic carbocycles. The molecule has 150 valence electrons. The second kappa shape index (κ2) is 8.86. The molecule has 5 nitrogen and oxygen atoms in total. The Hall–Kier alpha value is -3.21. The number of nitrogens with one attached hydrogen (secondary N) is 1. The van der Waals surface area contributed by atoms with Crippen molar-refractivity contribution in [3.63, 3.8) is 0 Å². The topological polar surface area (TPSA) is 64.1 Å². The average Bonchev–Trinajstić information content (AvgIpc) is 2.72. The van der Waals surface area contributed by atoms with E-state index in [9.17, 15) is 4.79 Å². The van der Waals surface area contributed by atoms with Gasteiger partial charge in [0.15, 0.2) is 0 Å². The van der Waals surface area contributed by atoms with Crippen LogP contribution in [-0.2, 0) is 5.41 Å². The lowest BCUT2D eigenvalue weighted by Gasteiger charge is -2.19. The predicted molar refractivity (Wildman–Crippen MR) is 116 cm³/mol. The van der Waals surface area contributed by atoms with Crippen molar-refractivity contribution in [2.24, 2.45) is 0 Å². The molecule has 1 N–H and O–H groups in total. The van der Waals surface area contributed by atoms with Crippen molar-refractivity contribution in [2.45, 2.75) is 39.5 Å². The van der Waals surface area contributed by atoms with Gasteiger partial charge in [0.2, 0.25) is 0 Å². The summed E-state index contributed by atoms with van der Waals surface area (Å²) in [6, 6.07) is 13.4. The number of rotatable bonds is 6. The number of anilines is 1. The smallest absolute Gasteiger partial charge is 0.257 e. The fourth-order valence-corrected chi connectivity index (χ4v) is 2.96. The van der Waals surface area contributed by atoms with Crippen LogP contribution in [0, 0.1) is 0 Å². The van der Waals surface area contributed by atoms with Gasteiger partial charge in [-0.25, -0.2) is 0 Å². The van der Waals surface area contributed by atoms with Crippen molar-refractivity contribution in [1.29, 1.82) is 0 Å². The average molecular weight is 389 g/mol. The highest BCUT2D eigenvalue weighted by molar-refractivity contribution is 6.08. The van der Waals surface area contributed by atoms with Crippen molar-refractivity contribution in [1.82, 2.24) is 9.97 Å². The highest BCUT2D eigenvalue weighted by Crippen LogP contribution is 2.30. The van der Waals surface area contributed by atoms with Gasteiger partial charge in [-0.05, 0) is 47.7 Å². The van der Waals surface area contributed by atoms with E-state index in [4.69, 9.17) is 4.74 Å². The van der Waals surface area contributed by atoms with Gasteiger partial charge >= 0.3 is 0 Å². The Balaban J connectivity index is 1.88. The number of amides is 1. The summed E-state index contributed by atoms with van der Waals surface area (Å²) in [6.45, 7) is 9.12. The van der Waals surface area contributed by atoms with Crippen molar-refractivity contribution < 1.29 is 9.53 Å². The number of hydrogen-bond donors (Lipinski definition) is 1. The molecule has 0 unspecified atom stereocenters. The van der Waals surface area contributed by atoms with E-state index in [1.54, 1.807) is 24.7 Å². The summed E-state index contributed by atoms with van der Waals surface area (Å²) in [4.78, 5) is 21.6. The molecule has 0 fully saturated rings. The number of carbonyl (C=O) groups excluding carboxylic acids is 1. The molecule has 0 saturated carbocycles. The SMILES string of the molecule is CCCOc1cccnc1-c1ccncc1C(=O)Nc1ccc(C(C)(C)C)cc1. The van der Waals surface area contributed by atoms with Crippen LogP contribution in [0.3, 0.4) is 0 Å². The second-order valence-electron chi connectivity index (χ2n) is 7.90. The van der Waals surface area contributed by atoms with Crippen LogP contribution in [0.4, 0.5) is 5.69 Å². The number of ether oxygens (including phenoxy) is 1. The molecule has 0 aliphatic heterocycles. The Bertz CT molecular complexity index is 976. The summed E-state index contributed by atoms with van der Waals surface area (Å²) >= 11 is 0. The summed E-state index contributed by atoms with van der Waals surface area (Å²) < 4.78 is 5.82. The van der Waals surface area contributed by atoms with E-state index in [1.807, 2.05) is 43.3 Å². The Kier molecular flexibility index (Phi) is 6.27. The molecule has 3 aromatic rings. The van der Waals surface area contributed by atoms with Crippen LogP contribution in [0.1, 0.15) is 50.0 Å². The zero-order valence-corrected chi connectivity index (χ0v) is 17.4. The number of carbonyl (C=O) groups is 1. The first-order chi connectivity index (χ1) is 13.9. The molecule has 5 heteroatoms. The fraction of sp³-hybridized carbons (Fsp3) is 0.292. The van der Waals surface area contributed by atoms with Crippen LogP contribution in [0.2, 0.25) is 0 Å². The summed E-state index contributed by atoms with van der Waals surface area (Å²) in [6.07, 6.45) is 5.80. The van der Waals surface area contributed by atoms with Gasteiger partial charge in [0.25, 0.3) is 5.91 Å². The predicted octanol–water partition coefficient (Wildman–Crippen LogP) is 5.48. The van der Waals surface area contributed by atoms with Gasteiger partial charge in [-0.1, -0.05) is 39.8 Å². The van der Waals surface area contributed by atoms with E-state index in [0.717, 1.165) is 12.1 Å². The van der Waals surface area contributed by atoms with Gasteiger partial charge < -0.3 is 10.1 Å². The molecular weight excluding hydrogens is 362 g/mol. The number of aromatic nitrogens is 2. The first kappa shape index (κ1) is 20.5. The van der Waals surface area contributed by atoms with Gasteiger partial charge in [0.1, 0.15) is 11.4 Å². The number of benzene rings is 1. The van der Waals surface area contributed by atoms with Crippen molar-refractivity contribution in [3.8, 4) is 17.0 Å². The standard InChI is InChI=1S/C24H27N3O2/c1-5-15-29-21-7-6-13-26-22(21)19-12-14-25-16-20(19)23(28)27-18-10-8-17(9-11-18)24(2,3)4/h6-14,16H,5,15H2,1-4H3,(H,27,28). The maximum Gasteiger partial charge on any atom is 0.257 e. The van der Waals surface area contributed by atoms with Gasteiger partial charge in [-0.2, -0.15) is 0 Å². The first-order valence-electron chi connectivity index (χ1n) is 9.84. The van der Waals surface area contributed by atoms with Crippen LogP contribution >= 0.6 is 0 Å². The number of hydrogen-bond acceptors (Lipinski definition) is 4. The molecule has 2 aromatic heterocycles. The lowest BCUT2D eigenvalue weighted by molar-refractivity contribution is 0.102. The Labute approximate surface area is 172 Å². The van der Waals surface area contributed by atoms with Crippen LogP contribution < -0.4 is 10.1 Å². The molecule has 1 amide bonds. The third kappa shape index (κ3) is 4.99. The molecule has 3 rings (SSSR count). The number of pyridine rings is 2. The van der Waals surface area contributed by atoms with E-state index >= 15 is 0 Å². The molecule has 0 aliphatic rings. The summed E-state index contributed by atoms with van der Waals surface area (Å²) in [5, 5.41) is 2.96. The molecular formula is C24H27N3O2. The first-order valence-corrected chi connectivity index (χ1v) is 9.84. The normalized spacial score (nSPS) is 11.2. The van der Waals surface area contributed by atoms with Crippen molar-refractivity contribution in [3.05, 3.63) is 72.2 Å². The third-order valence-electron chi connectivity index (χ3n) is 4.56. The minimum absolute atomic E-state index is 0.0624. The quantitative estimate of drug-likeness (QED) is 0.606. The van der Waals surface area contributed by atoms with Crippen LogP contribution in [-0.4, -0.2) is 22.5 Å². The van der Waals surface area contributed by atoms with Crippen LogP contribution in [0.5, 0.6) is 5.75 Å². The van der Waals surface area contributed by atoms with Gasteiger partial charge in [0, 0.05) is 29.8 Å². The zero-order chi connectivity index (χ0) is 20.9. The molecule has 0 spiro atoms. The maximum absolute atomic E-state index is 13.0. The molecule has 0 atom stereocenters. The summed E-state index contributed by atoms with van der Waals surface area (Å²) in [7, 11) is 0. The highest BCUT2D eigenvalue weighted by Gasteiger charge is 2.18. The highest BCUT2D eigenvalue weighted by atomic mass is 16.5. The summed E-state index contributed by atoms with van der Waals surface area (Å²) in [5.41, 5.74) is 3.79. The van der Waals surface area contributed by atoms with Crippen molar-refractivity contribution in [2.75, 3.05) is 11.9 Å². The molecule has 0 bridgehead atoms. The van der Waals surface area contributed by atoms with E-state index < -0.39 is 0 Å². The minimum Gasteiger partial charge on any atom is -0.491 e. The second-order valence-corrected chi connectivity index (χ2v) is 7.90. The van der Waals surface area contributed by atoms with Crippen molar-refractivity contribution >= 4 is 11.6 Å². The Morgan fingerprint density at radius 3 is 2.52 bits per heavy atom. The third-order valence-corrected chi connectivity index (χ3v) is 4.56. The van der Waals surface area contributed by atoms with E-state index in [1.165, 1.54) is 5.56 Å². The fourth-order valence-electron chi connectivity index (χ4n) is 2.96. The lowest BCUT2D eigenvalue weighted by atomic mass is 9.87. The molecule has 29 heavy (non-hydrogen) atoms. The minimum atomic E-state index is -0.233. The van der Waals surface area contributed by atoms with E-state index in [0.29, 0.717) is 29.2 Å². The Morgan fingerprint density at radius 2 is 1.83 bits per heavy atom. The van der Waals surface area contributed by atoms with E-state index in [2.05, 4.69) is 36.1 Å². The molecule has 0 saturated heterocycles. The van der Waals surface area contributed by atoms with Gasteiger partial charge in [0.05, 0.1) is 12.2 Å². The molecule has 0 radical (unpaired) electrons. The van der Waals surface area contributed by atoms with Crippen LogP contribution in [0.25, 0.3) is 11.3 Å². The monoisotopic (exact) mass is 389 g/mol. The summed E-state index contributed by atoms with van der Waals surface area (Å²) in [5.74, 6) is 0.424. The maximum atomic E-state index is 13.0. The van der Waals surface area contributed by atoms with Crippen LogP contribution in [0.15, 0.2) is 61.1 Å². The Morgan fingerprint density at radius 1 is 1.07 bits per heavy atom. The van der Waals surface area contributed by atoms with E-state index in [-0.39, 0.29) is 11.3 Å². The lowest BCUT2D eigenvalue weighted by Crippen LogP contribution is -2.15. The van der Waals surface area contributed by atoms with Gasteiger partial charge in [-0.15, -0.1) is 0 Å². The van der Waals surface area contributed by atoms with Gasteiger partial charge in [-0.3, -0.25) is 14.8 Å². The largest absolute Gasteiger partial charge is 0.491 e. The molecule has 2 heterocycles.